The molecule has 2 aromatic carbocycles. The van der Waals surface area contributed by atoms with E-state index in [1.165, 1.54) is 6.07 Å². The normalized spacial score (nSPS) is 17.1. The Morgan fingerprint density at radius 2 is 2.00 bits per heavy atom. The summed E-state index contributed by atoms with van der Waals surface area (Å²) >= 11 is 3.35. The van der Waals surface area contributed by atoms with Gasteiger partial charge in [-0.3, -0.25) is 10.1 Å². The summed E-state index contributed by atoms with van der Waals surface area (Å²) in [6.07, 6.45) is 0.824. The molecule has 0 radical (unpaired) electrons. The van der Waals surface area contributed by atoms with Crippen LogP contribution in [0.2, 0.25) is 0 Å². The lowest BCUT2D eigenvalue weighted by Gasteiger charge is -2.26. The zero-order valence-corrected chi connectivity index (χ0v) is 12.2. The highest BCUT2D eigenvalue weighted by Gasteiger charge is 2.30. The van der Waals surface area contributed by atoms with Gasteiger partial charge in [-0.2, -0.15) is 0 Å². The van der Waals surface area contributed by atoms with E-state index in [2.05, 4.69) is 15.9 Å². The fraction of sp³-hybridized carbons (Fsp3) is 0.200. The average molecular weight is 334 g/mol. The van der Waals surface area contributed by atoms with Crippen molar-refractivity contribution in [2.24, 2.45) is 0 Å². The van der Waals surface area contributed by atoms with Crippen molar-refractivity contribution in [3.63, 3.8) is 0 Å². The molecule has 2 aromatic rings. The van der Waals surface area contributed by atoms with Crippen molar-refractivity contribution in [1.82, 2.24) is 0 Å². The molecule has 3 rings (SSSR count). The third kappa shape index (κ3) is 2.29. The first-order chi connectivity index (χ1) is 9.66. The summed E-state index contributed by atoms with van der Waals surface area (Å²) in [4.78, 5) is 10.8. The first-order valence-electron chi connectivity index (χ1n) is 6.32. The molecule has 1 atom stereocenters. The quantitative estimate of drug-likeness (QED) is 0.609. The maximum absolute atomic E-state index is 11.2. The molecule has 20 heavy (non-hydrogen) atoms. The first-order valence-corrected chi connectivity index (χ1v) is 7.11. The smallest absolute Gasteiger partial charge is 0.312 e. The largest absolute Gasteiger partial charge is 0.487 e. The molecule has 5 heteroatoms. The Bertz CT molecular complexity index is 658. The molecule has 0 aliphatic carbocycles. The lowest BCUT2D eigenvalue weighted by molar-refractivity contribution is -0.386. The monoisotopic (exact) mass is 333 g/mol. The average Bonchev–Trinajstić information content (AvgIpc) is 2.46. The molecule has 0 aromatic heterocycles. The molecule has 4 nitrogen and oxygen atoms in total. The van der Waals surface area contributed by atoms with Crippen molar-refractivity contribution in [3.05, 3.63) is 68.2 Å². The van der Waals surface area contributed by atoms with E-state index in [9.17, 15) is 10.1 Å². The van der Waals surface area contributed by atoms with E-state index in [1.54, 1.807) is 0 Å². The predicted molar refractivity (Wildman–Crippen MR) is 79.2 cm³/mol. The van der Waals surface area contributed by atoms with Crippen LogP contribution < -0.4 is 4.74 Å². The third-order valence-corrected chi connectivity index (χ3v) is 3.95. The molecule has 1 aliphatic heterocycles. The zero-order chi connectivity index (χ0) is 14.1. The molecule has 0 saturated carbocycles. The molecule has 0 bridgehead atoms. The van der Waals surface area contributed by atoms with Crippen LogP contribution in [0.5, 0.6) is 5.75 Å². The number of nitro groups is 1. The van der Waals surface area contributed by atoms with Gasteiger partial charge in [-0.1, -0.05) is 46.3 Å². The molecule has 102 valence electrons. The molecular formula is C15H12BrNO3. The molecule has 0 spiro atoms. The van der Waals surface area contributed by atoms with Crippen molar-refractivity contribution in [1.29, 1.82) is 0 Å². The molecule has 1 heterocycles. The lowest BCUT2D eigenvalue weighted by atomic mass is 9.86. The van der Waals surface area contributed by atoms with Gasteiger partial charge in [-0.15, -0.1) is 0 Å². The molecule has 1 unspecified atom stereocenters. The second kappa shape index (κ2) is 5.25. The van der Waals surface area contributed by atoms with Crippen molar-refractivity contribution in [2.45, 2.75) is 12.3 Å². The van der Waals surface area contributed by atoms with Gasteiger partial charge in [0.1, 0.15) is 0 Å². The van der Waals surface area contributed by atoms with Gasteiger partial charge in [0.15, 0.2) is 0 Å². The fourth-order valence-electron chi connectivity index (χ4n) is 2.62. The summed E-state index contributed by atoms with van der Waals surface area (Å²) in [6.45, 7) is 0.495. The Kier molecular flexibility index (Phi) is 3.44. The van der Waals surface area contributed by atoms with E-state index in [0.717, 1.165) is 17.5 Å². The number of nitrogens with zero attached hydrogens (tertiary/aromatic N) is 1. The topological polar surface area (TPSA) is 52.4 Å². The molecule has 1 aliphatic rings. The van der Waals surface area contributed by atoms with Gasteiger partial charge in [0.2, 0.25) is 5.75 Å². The highest BCUT2D eigenvalue weighted by molar-refractivity contribution is 9.10. The number of nitro benzene ring substituents is 1. The van der Waals surface area contributed by atoms with Crippen LogP contribution in [0, 0.1) is 10.1 Å². The third-order valence-electron chi connectivity index (χ3n) is 3.49. The van der Waals surface area contributed by atoms with Crippen LogP contribution in [0.3, 0.4) is 0 Å². The van der Waals surface area contributed by atoms with Crippen molar-refractivity contribution >= 4 is 21.6 Å². The Balaban J connectivity index is 2.16. The number of fused-ring (bicyclic) bond motifs is 1. The fourth-order valence-corrected chi connectivity index (χ4v) is 3.08. The maximum atomic E-state index is 11.2. The number of hydrogen-bond donors (Lipinski definition) is 0. The Labute approximate surface area is 124 Å². The zero-order valence-electron chi connectivity index (χ0n) is 10.6. The van der Waals surface area contributed by atoms with E-state index in [0.29, 0.717) is 16.8 Å². The summed E-state index contributed by atoms with van der Waals surface area (Å²) in [5.41, 5.74) is 2.06. The first kappa shape index (κ1) is 13.1. The van der Waals surface area contributed by atoms with Gasteiger partial charge in [0.25, 0.3) is 0 Å². The van der Waals surface area contributed by atoms with Crippen LogP contribution in [-0.4, -0.2) is 11.5 Å². The standard InChI is InChI=1S/C15H12BrNO3/c16-11-8-13-12(10-4-2-1-3-5-10)6-7-20-15(13)14(9-11)17(18)19/h1-5,8-9,12H,6-7H2. The molecule has 0 saturated heterocycles. The maximum Gasteiger partial charge on any atom is 0.312 e. The Hall–Kier alpha value is -1.88. The summed E-state index contributed by atoms with van der Waals surface area (Å²) < 4.78 is 6.26. The summed E-state index contributed by atoms with van der Waals surface area (Å²) in [5.74, 6) is 0.537. The molecule has 0 amide bonds. The number of rotatable bonds is 2. The van der Waals surface area contributed by atoms with Crippen LogP contribution in [0.25, 0.3) is 0 Å². The highest BCUT2D eigenvalue weighted by atomic mass is 79.9. The van der Waals surface area contributed by atoms with E-state index < -0.39 is 4.92 Å². The molecule has 0 fully saturated rings. The van der Waals surface area contributed by atoms with Crippen LogP contribution in [0.1, 0.15) is 23.5 Å². The second-order valence-electron chi connectivity index (χ2n) is 4.70. The number of ether oxygens (including phenoxy) is 1. The predicted octanol–water partition coefficient (Wildman–Crippen LogP) is 4.27. The second-order valence-corrected chi connectivity index (χ2v) is 5.62. The van der Waals surface area contributed by atoms with Crippen LogP contribution in [-0.2, 0) is 0 Å². The Morgan fingerprint density at radius 3 is 2.70 bits per heavy atom. The van der Waals surface area contributed by atoms with Crippen molar-refractivity contribution in [2.75, 3.05) is 6.61 Å². The number of benzene rings is 2. The van der Waals surface area contributed by atoms with Crippen LogP contribution in [0.4, 0.5) is 5.69 Å². The SMILES string of the molecule is O=[N+]([O-])c1cc(Br)cc2c1OCCC2c1ccccc1. The van der Waals surface area contributed by atoms with Gasteiger partial charge >= 0.3 is 5.69 Å². The number of halogens is 1. The van der Waals surface area contributed by atoms with Gasteiger partial charge in [0, 0.05) is 22.0 Å². The molecule has 0 N–H and O–H groups in total. The number of hydrogen-bond acceptors (Lipinski definition) is 3. The van der Waals surface area contributed by atoms with Crippen LogP contribution in [0.15, 0.2) is 46.9 Å². The molecular weight excluding hydrogens is 322 g/mol. The summed E-state index contributed by atoms with van der Waals surface area (Å²) in [7, 11) is 0. The minimum absolute atomic E-state index is 0.0232. The van der Waals surface area contributed by atoms with Gasteiger partial charge in [-0.05, 0) is 18.1 Å². The van der Waals surface area contributed by atoms with Gasteiger partial charge in [0.05, 0.1) is 11.5 Å². The summed E-state index contributed by atoms with van der Waals surface area (Å²) in [5, 5.41) is 11.2. The van der Waals surface area contributed by atoms with Crippen molar-refractivity contribution in [3.8, 4) is 5.75 Å². The van der Waals surface area contributed by atoms with Crippen LogP contribution >= 0.6 is 15.9 Å². The van der Waals surface area contributed by atoms with E-state index >= 15 is 0 Å². The van der Waals surface area contributed by atoms with Gasteiger partial charge < -0.3 is 4.74 Å². The minimum Gasteiger partial charge on any atom is -0.487 e. The minimum atomic E-state index is -0.392. The lowest BCUT2D eigenvalue weighted by Crippen LogP contribution is -2.16. The van der Waals surface area contributed by atoms with E-state index in [-0.39, 0.29) is 11.6 Å². The van der Waals surface area contributed by atoms with E-state index in [1.807, 2.05) is 36.4 Å². The highest BCUT2D eigenvalue weighted by Crippen LogP contribution is 2.44. The summed E-state index contributed by atoms with van der Waals surface area (Å²) in [6, 6.07) is 13.4. The van der Waals surface area contributed by atoms with E-state index in [4.69, 9.17) is 4.74 Å². The van der Waals surface area contributed by atoms with Gasteiger partial charge in [-0.25, -0.2) is 0 Å². The Morgan fingerprint density at radius 1 is 1.25 bits per heavy atom. The van der Waals surface area contributed by atoms with Crippen molar-refractivity contribution < 1.29 is 9.66 Å².